The van der Waals surface area contributed by atoms with Crippen LogP contribution in [-0.2, 0) is 12.3 Å². The lowest BCUT2D eigenvalue weighted by Gasteiger charge is -2.12. The van der Waals surface area contributed by atoms with Crippen molar-refractivity contribution in [1.29, 1.82) is 0 Å². The second-order valence-electron chi connectivity index (χ2n) is 5.66. The summed E-state index contributed by atoms with van der Waals surface area (Å²) in [4.78, 5) is 27.9. The van der Waals surface area contributed by atoms with Gasteiger partial charge in [0.05, 0.1) is 22.9 Å². The van der Waals surface area contributed by atoms with E-state index in [0.29, 0.717) is 39.7 Å². The van der Waals surface area contributed by atoms with Crippen LogP contribution in [0.3, 0.4) is 0 Å². The van der Waals surface area contributed by atoms with Crippen LogP contribution in [0.4, 0.5) is 5.69 Å². The summed E-state index contributed by atoms with van der Waals surface area (Å²) in [6.07, 6.45) is 1.63. The van der Waals surface area contributed by atoms with E-state index in [1.807, 2.05) is 6.07 Å². The van der Waals surface area contributed by atoms with Gasteiger partial charge >= 0.3 is 0 Å². The third kappa shape index (κ3) is 3.85. The van der Waals surface area contributed by atoms with E-state index in [2.05, 4.69) is 11.6 Å². The predicted octanol–water partition coefficient (Wildman–Crippen LogP) is 3.79. The molecule has 0 spiro atoms. The molecule has 138 valence electrons. The fraction of sp³-hybridized carbons (Fsp3) is 0.158. The van der Waals surface area contributed by atoms with Crippen molar-refractivity contribution in [3.8, 4) is 5.75 Å². The van der Waals surface area contributed by atoms with E-state index < -0.39 is 4.92 Å². The topological polar surface area (TPSA) is 87.3 Å². The first-order chi connectivity index (χ1) is 13.0. The molecule has 0 amide bonds. The van der Waals surface area contributed by atoms with Gasteiger partial charge in [-0.3, -0.25) is 19.5 Å². The molecule has 3 aromatic rings. The Morgan fingerprint density at radius 2 is 2.11 bits per heavy atom. The highest BCUT2D eigenvalue weighted by Gasteiger charge is 2.15. The minimum absolute atomic E-state index is 0.0126. The number of nitro benzene ring substituents is 1. The predicted molar refractivity (Wildman–Crippen MR) is 105 cm³/mol. The Bertz CT molecular complexity index is 1080. The molecule has 0 bridgehead atoms. The smallest absolute Gasteiger partial charge is 0.270 e. The minimum Gasteiger partial charge on any atom is -0.496 e. The lowest BCUT2D eigenvalue weighted by atomic mass is 10.2. The number of nitrogens with zero attached hydrogens (tertiary/aromatic N) is 3. The second kappa shape index (κ2) is 8.05. The first-order valence-corrected chi connectivity index (χ1v) is 9.08. The molecule has 0 N–H and O–H groups in total. The van der Waals surface area contributed by atoms with Crippen LogP contribution in [0.2, 0.25) is 0 Å². The number of ether oxygens (including phenoxy) is 1. The van der Waals surface area contributed by atoms with Gasteiger partial charge in [0, 0.05) is 30.0 Å². The summed E-state index contributed by atoms with van der Waals surface area (Å²) < 4.78 is 6.84. The first kappa shape index (κ1) is 18.7. The molecule has 7 nitrogen and oxygen atoms in total. The zero-order chi connectivity index (χ0) is 19.4. The maximum absolute atomic E-state index is 12.8. The average molecular weight is 383 g/mol. The Hall–Kier alpha value is -3.13. The van der Waals surface area contributed by atoms with Crippen LogP contribution in [0, 0.1) is 10.1 Å². The number of thioether (sulfide) groups is 1. The molecule has 0 radical (unpaired) electrons. The summed E-state index contributed by atoms with van der Waals surface area (Å²) in [5, 5.41) is 12.1. The molecule has 0 atom stereocenters. The molecule has 1 heterocycles. The summed E-state index contributed by atoms with van der Waals surface area (Å²) >= 11 is 1.32. The van der Waals surface area contributed by atoms with Crippen molar-refractivity contribution in [1.82, 2.24) is 9.55 Å². The monoisotopic (exact) mass is 383 g/mol. The van der Waals surface area contributed by atoms with E-state index in [1.165, 1.54) is 31.0 Å². The SMILES string of the molecule is C=CCn1c(SCc2cc([N+](=O)[O-])ccc2OC)nc2ccccc2c1=O. The summed E-state index contributed by atoms with van der Waals surface area (Å²) in [7, 11) is 1.51. The van der Waals surface area contributed by atoms with Gasteiger partial charge < -0.3 is 4.74 Å². The molecule has 0 aliphatic heterocycles. The number of hydrogen-bond donors (Lipinski definition) is 0. The van der Waals surface area contributed by atoms with E-state index in [0.717, 1.165) is 0 Å². The molecule has 1 aromatic heterocycles. The Morgan fingerprint density at radius 3 is 2.81 bits per heavy atom. The van der Waals surface area contributed by atoms with Crippen LogP contribution in [0.5, 0.6) is 5.75 Å². The van der Waals surface area contributed by atoms with E-state index in [4.69, 9.17) is 4.74 Å². The number of allylic oxidation sites excluding steroid dienone is 1. The Kier molecular flexibility index (Phi) is 5.56. The molecular formula is C19H17N3O4S. The molecule has 0 saturated carbocycles. The van der Waals surface area contributed by atoms with Crippen LogP contribution < -0.4 is 10.3 Å². The highest BCUT2D eigenvalue weighted by atomic mass is 32.2. The summed E-state index contributed by atoms with van der Waals surface area (Å²) in [6, 6.07) is 11.6. The zero-order valence-electron chi connectivity index (χ0n) is 14.6. The molecule has 0 unspecified atom stereocenters. The number of hydrogen-bond acceptors (Lipinski definition) is 6. The summed E-state index contributed by atoms with van der Waals surface area (Å²) in [5.41, 5.74) is 1.11. The number of para-hydroxylation sites is 1. The van der Waals surface area contributed by atoms with Crippen LogP contribution in [-0.4, -0.2) is 21.6 Å². The largest absolute Gasteiger partial charge is 0.496 e. The van der Waals surface area contributed by atoms with Crippen LogP contribution >= 0.6 is 11.8 Å². The standard InChI is InChI=1S/C19H17N3O4S/c1-3-10-21-18(23)15-6-4-5-7-16(15)20-19(21)27-12-13-11-14(22(24)25)8-9-17(13)26-2/h3-9,11H,1,10,12H2,2H3. The fourth-order valence-electron chi connectivity index (χ4n) is 2.68. The number of nitro groups is 1. The van der Waals surface area contributed by atoms with Gasteiger partial charge in [-0.25, -0.2) is 4.98 Å². The van der Waals surface area contributed by atoms with Crippen molar-refractivity contribution in [2.75, 3.05) is 7.11 Å². The van der Waals surface area contributed by atoms with Crippen molar-refractivity contribution in [2.24, 2.45) is 0 Å². The van der Waals surface area contributed by atoms with Gasteiger partial charge in [0.25, 0.3) is 11.2 Å². The summed E-state index contributed by atoms with van der Waals surface area (Å²) in [6.45, 7) is 4.03. The minimum atomic E-state index is -0.449. The Labute approximate surface area is 159 Å². The molecular weight excluding hydrogens is 366 g/mol. The normalized spacial score (nSPS) is 10.7. The first-order valence-electron chi connectivity index (χ1n) is 8.09. The molecule has 0 saturated heterocycles. The maximum atomic E-state index is 12.8. The van der Waals surface area contributed by atoms with E-state index in [-0.39, 0.29) is 11.2 Å². The molecule has 27 heavy (non-hydrogen) atoms. The molecule has 0 aliphatic carbocycles. The summed E-state index contributed by atoms with van der Waals surface area (Å²) in [5.74, 6) is 0.916. The van der Waals surface area contributed by atoms with Crippen molar-refractivity contribution in [3.05, 3.63) is 81.2 Å². The molecule has 2 aromatic carbocycles. The second-order valence-corrected chi connectivity index (χ2v) is 6.60. The maximum Gasteiger partial charge on any atom is 0.270 e. The third-order valence-corrected chi connectivity index (χ3v) is 5.00. The Morgan fingerprint density at radius 1 is 1.33 bits per heavy atom. The number of rotatable bonds is 7. The fourth-order valence-corrected chi connectivity index (χ4v) is 3.67. The zero-order valence-corrected chi connectivity index (χ0v) is 15.4. The van der Waals surface area contributed by atoms with Gasteiger partial charge in [0.2, 0.25) is 0 Å². The lowest BCUT2D eigenvalue weighted by Crippen LogP contribution is -2.22. The average Bonchev–Trinajstić information content (AvgIpc) is 2.68. The molecule has 3 rings (SSSR count). The van der Waals surface area contributed by atoms with E-state index in [1.54, 1.807) is 34.9 Å². The molecule has 0 aliphatic rings. The van der Waals surface area contributed by atoms with Gasteiger partial charge in [0.1, 0.15) is 5.75 Å². The number of aromatic nitrogens is 2. The van der Waals surface area contributed by atoms with Gasteiger partial charge in [-0.1, -0.05) is 30.0 Å². The van der Waals surface area contributed by atoms with E-state index >= 15 is 0 Å². The van der Waals surface area contributed by atoms with Crippen molar-refractivity contribution < 1.29 is 9.66 Å². The third-order valence-electron chi connectivity index (χ3n) is 3.97. The van der Waals surface area contributed by atoms with Crippen LogP contribution in [0.15, 0.2) is 65.1 Å². The number of methoxy groups -OCH3 is 1. The van der Waals surface area contributed by atoms with Crippen molar-refractivity contribution in [3.63, 3.8) is 0 Å². The highest BCUT2D eigenvalue weighted by molar-refractivity contribution is 7.98. The van der Waals surface area contributed by atoms with Crippen LogP contribution in [0.25, 0.3) is 10.9 Å². The van der Waals surface area contributed by atoms with Gasteiger partial charge in [-0.15, -0.1) is 6.58 Å². The van der Waals surface area contributed by atoms with Crippen molar-refractivity contribution in [2.45, 2.75) is 17.5 Å². The molecule has 0 fully saturated rings. The van der Waals surface area contributed by atoms with E-state index in [9.17, 15) is 14.9 Å². The van der Waals surface area contributed by atoms with Gasteiger partial charge in [0.15, 0.2) is 5.16 Å². The quantitative estimate of drug-likeness (QED) is 0.203. The van der Waals surface area contributed by atoms with Gasteiger partial charge in [-0.05, 0) is 18.2 Å². The number of non-ortho nitro benzene ring substituents is 1. The van der Waals surface area contributed by atoms with Crippen molar-refractivity contribution >= 4 is 28.4 Å². The lowest BCUT2D eigenvalue weighted by molar-refractivity contribution is -0.384. The number of fused-ring (bicyclic) bond motifs is 1. The number of benzene rings is 2. The Balaban J connectivity index is 2.01. The highest BCUT2D eigenvalue weighted by Crippen LogP contribution is 2.30. The van der Waals surface area contributed by atoms with Crippen LogP contribution in [0.1, 0.15) is 5.56 Å². The molecule has 8 heteroatoms. The van der Waals surface area contributed by atoms with Gasteiger partial charge in [-0.2, -0.15) is 0 Å².